The van der Waals surface area contributed by atoms with Crippen molar-refractivity contribution in [1.29, 1.82) is 0 Å². The van der Waals surface area contributed by atoms with Crippen LogP contribution in [0.1, 0.15) is 41.2 Å². The second-order valence-electron chi connectivity index (χ2n) is 7.53. The summed E-state index contributed by atoms with van der Waals surface area (Å²) in [6.07, 6.45) is 5.36. The molecule has 0 amide bonds. The molecule has 0 bridgehead atoms. The van der Waals surface area contributed by atoms with Gasteiger partial charge in [0.2, 0.25) is 0 Å². The highest BCUT2D eigenvalue weighted by molar-refractivity contribution is 6.00. The molecule has 0 atom stereocenters. The number of carboxylic acid groups (broad SMARTS) is 1. The van der Waals surface area contributed by atoms with Gasteiger partial charge in [-0.2, -0.15) is 5.10 Å². The normalized spacial score (nSPS) is 12.3. The van der Waals surface area contributed by atoms with Crippen LogP contribution in [0.5, 0.6) is 0 Å². The molecule has 5 heteroatoms. The third kappa shape index (κ3) is 4.53. The predicted octanol–water partition coefficient (Wildman–Crippen LogP) is 5.52. The monoisotopic (exact) mass is 424 g/mol. The average molecular weight is 425 g/mol. The second-order valence-corrected chi connectivity index (χ2v) is 7.53. The first-order chi connectivity index (χ1) is 15.6. The molecule has 0 saturated heterocycles. The lowest BCUT2D eigenvalue weighted by molar-refractivity contribution is -0.131. The van der Waals surface area contributed by atoms with Gasteiger partial charge in [0.15, 0.2) is 0 Å². The second kappa shape index (κ2) is 9.45. The zero-order valence-electron chi connectivity index (χ0n) is 17.7. The number of benzene rings is 3. The molecule has 3 N–H and O–H groups in total. The molecule has 3 aromatic carbocycles. The minimum absolute atomic E-state index is 0.0147. The van der Waals surface area contributed by atoms with Crippen molar-refractivity contribution in [1.82, 2.24) is 10.2 Å². The lowest BCUT2D eigenvalue weighted by Gasteiger charge is -2.17. The first-order valence-electron chi connectivity index (χ1n) is 10.5. The molecule has 0 aliphatic heterocycles. The molecule has 0 aliphatic rings. The van der Waals surface area contributed by atoms with Gasteiger partial charge in [0.25, 0.3) is 0 Å². The highest BCUT2D eigenvalue weighted by Gasteiger charge is 2.14. The minimum atomic E-state index is -0.970. The Morgan fingerprint density at radius 1 is 0.969 bits per heavy atom. The fraction of sp³-hybridized carbons (Fsp3) is 0.111. The molecule has 0 radical (unpaired) electrons. The molecule has 32 heavy (non-hydrogen) atoms. The van der Waals surface area contributed by atoms with Crippen molar-refractivity contribution in [3.8, 4) is 0 Å². The van der Waals surface area contributed by atoms with Gasteiger partial charge in [-0.1, -0.05) is 61.5 Å². The van der Waals surface area contributed by atoms with E-state index in [0.29, 0.717) is 0 Å². The van der Waals surface area contributed by atoms with E-state index >= 15 is 0 Å². The summed E-state index contributed by atoms with van der Waals surface area (Å²) in [5.41, 5.74) is 8.20. The van der Waals surface area contributed by atoms with Gasteiger partial charge in [-0.3, -0.25) is 5.10 Å². The van der Waals surface area contributed by atoms with Crippen LogP contribution in [0.15, 0.2) is 79.0 Å². The van der Waals surface area contributed by atoms with E-state index in [9.17, 15) is 9.90 Å². The molecule has 1 aromatic heterocycles. The van der Waals surface area contributed by atoms with Gasteiger partial charge in [0.1, 0.15) is 0 Å². The largest absolute Gasteiger partial charge is 0.478 e. The molecule has 0 unspecified atom stereocenters. The van der Waals surface area contributed by atoms with Gasteiger partial charge in [-0.15, -0.1) is 0 Å². The van der Waals surface area contributed by atoms with Crippen molar-refractivity contribution in [2.24, 2.45) is 0 Å². The Balaban J connectivity index is 1.88. The third-order valence-electron chi connectivity index (χ3n) is 5.49. The predicted molar refractivity (Wildman–Crippen MR) is 128 cm³/mol. The number of rotatable bonds is 7. The number of aromatic nitrogens is 2. The Morgan fingerprint density at radius 2 is 1.66 bits per heavy atom. The Hall–Kier alpha value is -3.96. The standard InChI is InChI=1S/C27H24N2O3/c1-2-24(20-8-5-19(17-30)6-9-20)27(22-12-13-25-23(15-22)16-28-29-25)21-10-3-18(4-11-21)7-14-26(31)32/h3-16,30H,2,17H2,1H3,(H,28,29)(H,31,32). The molecule has 160 valence electrons. The average Bonchev–Trinajstić information content (AvgIpc) is 3.29. The van der Waals surface area contributed by atoms with Crippen molar-refractivity contribution in [2.75, 3.05) is 0 Å². The summed E-state index contributed by atoms with van der Waals surface area (Å²) in [7, 11) is 0. The molecule has 0 fully saturated rings. The Labute approximate surface area is 186 Å². The van der Waals surface area contributed by atoms with Crippen molar-refractivity contribution in [3.63, 3.8) is 0 Å². The van der Waals surface area contributed by atoms with E-state index < -0.39 is 5.97 Å². The zero-order chi connectivity index (χ0) is 22.5. The smallest absolute Gasteiger partial charge is 0.328 e. The summed E-state index contributed by atoms with van der Waals surface area (Å²) in [6.45, 7) is 2.15. The molecule has 4 rings (SSSR count). The number of hydrogen-bond donors (Lipinski definition) is 3. The van der Waals surface area contributed by atoms with Crippen LogP contribution in [-0.2, 0) is 11.4 Å². The minimum Gasteiger partial charge on any atom is -0.478 e. The summed E-state index contributed by atoms with van der Waals surface area (Å²) in [5.74, 6) is -0.970. The summed E-state index contributed by atoms with van der Waals surface area (Å²) < 4.78 is 0. The number of H-pyrrole nitrogens is 1. The molecule has 0 saturated carbocycles. The molecule has 5 nitrogen and oxygen atoms in total. The number of hydrogen-bond acceptors (Lipinski definition) is 3. The van der Waals surface area contributed by atoms with Crippen LogP contribution < -0.4 is 0 Å². The van der Waals surface area contributed by atoms with Crippen molar-refractivity contribution in [3.05, 3.63) is 107 Å². The first-order valence-corrected chi connectivity index (χ1v) is 10.5. The first kappa shape index (κ1) is 21.3. The number of nitrogens with zero attached hydrogens (tertiary/aromatic N) is 1. The van der Waals surface area contributed by atoms with Crippen LogP contribution in [0.3, 0.4) is 0 Å². The SMILES string of the molecule is CCC(=C(c1ccc(C=CC(=O)O)cc1)c1ccc2[nH]ncc2c1)c1ccc(CO)cc1. The maximum atomic E-state index is 10.8. The fourth-order valence-electron chi connectivity index (χ4n) is 3.88. The molecular weight excluding hydrogens is 400 g/mol. The maximum absolute atomic E-state index is 10.8. The third-order valence-corrected chi connectivity index (χ3v) is 5.49. The van der Waals surface area contributed by atoms with Crippen molar-refractivity contribution >= 4 is 34.1 Å². The van der Waals surface area contributed by atoms with Gasteiger partial charge >= 0.3 is 5.97 Å². The number of aliphatic hydroxyl groups is 1. The summed E-state index contributed by atoms with van der Waals surface area (Å²) in [6, 6.07) is 22.1. The molecule has 0 spiro atoms. The topological polar surface area (TPSA) is 86.2 Å². The Bertz CT molecular complexity index is 1300. The number of aliphatic hydroxyl groups excluding tert-OH is 1. The quantitative estimate of drug-likeness (QED) is 0.269. The Kier molecular flexibility index (Phi) is 6.29. The van der Waals surface area contributed by atoms with Crippen molar-refractivity contribution in [2.45, 2.75) is 20.0 Å². The summed E-state index contributed by atoms with van der Waals surface area (Å²) in [4.78, 5) is 10.8. The van der Waals surface area contributed by atoms with Gasteiger partial charge in [-0.05, 0) is 63.6 Å². The van der Waals surface area contributed by atoms with Crippen LogP contribution in [0.2, 0.25) is 0 Å². The molecule has 0 aliphatic carbocycles. The summed E-state index contributed by atoms with van der Waals surface area (Å²) in [5, 5.41) is 26.5. The molecule has 1 heterocycles. The van der Waals surface area contributed by atoms with Gasteiger partial charge in [0.05, 0.1) is 18.3 Å². The van der Waals surface area contributed by atoms with Crippen LogP contribution in [0.25, 0.3) is 28.1 Å². The van der Waals surface area contributed by atoms with Crippen LogP contribution in [0.4, 0.5) is 0 Å². The van der Waals surface area contributed by atoms with Gasteiger partial charge in [-0.25, -0.2) is 4.79 Å². The fourth-order valence-corrected chi connectivity index (χ4v) is 3.88. The van der Waals surface area contributed by atoms with E-state index in [0.717, 1.165) is 56.8 Å². The molecular formula is C27H24N2O3. The van der Waals surface area contributed by atoms with Crippen molar-refractivity contribution < 1.29 is 15.0 Å². The number of aromatic amines is 1. The lowest BCUT2D eigenvalue weighted by Crippen LogP contribution is -1.96. The highest BCUT2D eigenvalue weighted by atomic mass is 16.4. The number of allylic oxidation sites excluding steroid dienone is 1. The number of fused-ring (bicyclic) bond motifs is 1. The maximum Gasteiger partial charge on any atom is 0.328 e. The van der Waals surface area contributed by atoms with Crippen LogP contribution in [-0.4, -0.2) is 26.4 Å². The number of aliphatic carboxylic acids is 1. The highest BCUT2D eigenvalue weighted by Crippen LogP contribution is 2.35. The number of nitrogens with one attached hydrogen (secondary N) is 1. The van der Waals surface area contributed by atoms with Crippen LogP contribution >= 0.6 is 0 Å². The van der Waals surface area contributed by atoms with Gasteiger partial charge in [0, 0.05) is 11.5 Å². The number of carbonyl (C=O) groups is 1. The van der Waals surface area contributed by atoms with E-state index in [1.165, 1.54) is 5.57 Å². The van der Waals surface area contributed by atoms with E-state index in [1.807, 2.05) is 60.8 Å². The van der Waals surface area contributed by atoms with E-state index in [4.69, 9.17) is 5.11 Å². The lowest BCUT2D eigenvalue weighted by atomic mass is 9.87. The Morgan fingerprint density at radius 3 is 2.31 bits per heavy atom. The number of carboxylic acids is 1. The van der Waals surface area contributed by atoms with E-state index in [1.54, 1.807) is 6.08 Å². The summed E-state index contributed by atoms with van der Waals surface area (Å²) >= 11 is 0. The van der Waals surface area contributed by atoms with E-state index in [-0.39, 0.29) is 6.61 Å². The zero-order valence-corrected chi connectivity index (χ0v) is 17.7. The van der Waals surface area contributed by atoms with Gasteiger partial charge < -0.3 is 10.2 Å². The van der Waals surface area contributed by atoms with Crippen LogP contribution in [0, 0.1) is 0 Å². The van der Waals surface area contributed by atoms with E-state index in [2.05, 4.69) is 29.3 Å². The molecule has 4 aromatic rings.